The van der Waals surface area contributed by atoms with Gasteiger partial charge in [-0.05, 0) is 43.4 Å². The Morgan fingerprint density at radius 3 is 2.96 bits per heavy atom. The fraction of sp³-hybridized carbons (Fsp3) is 0.556. The first-order valence-corrected chi connectivity index (χ1v) is 10.2. The van der Waals surface area contributed by atoms with Gasteiger partial charge >= 0.3 is 0 Å². The Morgan fingerprint density at radius 1 is 1.52 bits per heavy atom. The van der Waals surface area contributed by atoms with Gasteiger partial charge in [0.05, 0.1) is 17.1 Å². The van der Waals surface area contributed by atoms with E-state index in [4.69, 9.17) is 11.6 Å². The monoisotopic (exact) mass is 523 g/mol. The molecule has 3 rings (SSSR count). The molecule has 0 amide bonds. The molecular weight excluding hydrogens is 497 g/mol. The number of aliphatic hydroxyl groups is 1. The lowest BCUT2D eigenvalue weighted by Crippen LogP contribution is -2.40. The van der Waals surface area contributed by atoms with Crippen LogP contribution in [0.4, 0.5) is 0 Å². The van der Waals surface area contributed by atoms with Gasteiger partial charge in [-0.1, -0.05) is 11.6 Å². The molecule has 1 fully saturated rings. The number of aryl methyl sites for hydroxylation is 1. The van der Waals surface area contributed by atoms with Crippen LogP contribution in [-0.4, -0.2) is 51.9 Å². The number of aliphatic hydroxyl groups excluding tert-OH is 1. The number of guanidine groups is 1. The summed E-state index contributed by atoms with van der Waals surface area (Å²) < 4.78 is 2.54. The van der Waals surface area contributed by atoms with E-state index in [0.29, 0.717) is 16.8 Å². The fourth-order valence-electron chi connectivity index (χ4n) is 3.30. The van der Waals surface area contributed by atoms with Gasteiger partial charge in [-0.2, -0.15) is 5.10 Å². The van der Waals surface area contributed by atoms with Crippen LogP contribution in [0.5, 0.6) is 0 Å². The smallest absolute Gasteiger partial charge is 0.194 e. The Bertz CT molecular complexity index is 750. The highest BCUT2D eigenvalue weighted by molar-refractivity contribution is 14.0. The van der Waals surface area contributed by atoms with Crippen LogP contribution < -0.4 is 5.32 Å². The summed E-state index contributed by atoms with van der Waals surface area (Å²) in [5, 5.41) is 17.9. The van der Waals surface area contributed by atoms with Gasteiger partial charge < -0.3 is 15.3 Å². The number of hydrogen-bond acceptors (Lipinski definition) is 4. The van der Waals surface area contributed by atoms with Crippen molar-refractivity contribution in [1.82, 2.24) is 20.0 Å². The van der Waals surface area contributed by atoms with Crippen LogP contribution in [0.15, 0.2) is 29.5 Å². The second kappa shape index (κ2) is 10.6. The topological polar surface area (TPSA) is 65.7 Å². The highest BCUT2D eigenvalue weighted by Crippen LogP contribution is 2.27. The molecule has 0 spiro atoms. The zero-order chi connectivity index (χ0) is 18.5. The van der Waals surface area contributed by atoms with Gasteiger partial charge in [-0.3, -0.25) is 9.67 Å². The van der Waals surface area contributed by atoms with Crippen molar-refractivity contribution in [3.8, 4) is 0 Å². The van der Waals surface area contributed by atoms with E-state index in [0.717, 1.165) is 43.3 Å². The third-order valence-corrected chi connectivity index (χ3v) is 5.87. The Balaban J connectivity index is 0.00000261. The van der Waals surface area contributed by atoms with Crippen LogP contribution in [0.1, 0.15) is 29.9 Å². The molecule has 0 aliphatic carbocycles. The van der Waals surface area contributed by atoms with E-state index in [1.165, 1.54) is 16.9 Å². The average Bonchev–Trinajstić information content (AvgIpc) is 3.34. The van der Waals surface area contributed by atoms with Crippen molar-refractivity contribution in [3.05, 3.63) is 39.3 Å². The lowest BCUT2D eigenvalue weighted by atomic mass is 10.0. The number of hydrogen-bond donors (Lipinski definition) is 2. The number of nitrogens with one attached hydrogen (secondary N) is 1. The number of halogens is 2. The van der Waals surface area contributed by atoms with Gasteiger partial charge in [0, 0.05) is 37.8 Å². The van der Waals surface area contributed by atoms with E-state index >= 15 is 0 Å². The second-order valence-corrected chi connectivity index (χ2v) is 8.43. The molecule has 2 unspecified atom stereocenters. The molecule has 1 saturated heterocycles. The Morgan fingerprint density at radius 2 is 2.33 bits per heavy atom. The molecule has 0 radical (unpaired) electrons. The van der Waals surface area contributed by atoms with Crippen LogP contribution in [0.3, 0.4) is 0 Å². The molecular formula is C18H27ClIN5OS. The summed E-state index contributed by atoms with van der Waals surface area (Å²) in [5.74, 6) is 1.48. The lowest BCUT2D eigenvalue weighted by molar-refractivity contribution is 0.190. The van der Waals surface area contributed by atoms with Crippen molar-refractivity contribution in [2.75, 3.05) is 26.2 Å². The van der Waals surface area contributed by atoms with Crippen LogP contribution in [0, 0.1) is 5.92 Å². The summed E-state index contributed by atoms with van der Waals surface area (Å²) >= 11 is 7.35. The molecule has 150 valence electrons. The maximum atomic E-state index is 10.3. The summed E-state index contributed by atoms with van der Waals surface area (Å²) in [6, 6.07) is 3.67. The van der Waals surface area contributed by atoms with E-state index in [9.17, 15) is 5.11 Å². The number of aliphatic imine (C=N–C) groups is 1. The summed E-state index contributed by atoms with van der Waals surface area (Å²) in [5.41, 5.74) is 1.28. The highest BCUT2D eigenvalue weighted by Gasteiger charge is 2.25. The average molecular weight is 524 g/mol. The van der Waals surface area contributed by atoms with Crippen LogP contribution >= 0.6 is 46.9 Å². The molecule has 2 aromatic rings. The van der Waals surface area contributed by atoms with Gasteiger partial charge in [0.15, 0.2) is 5.96 Å². The van der Waals surface area contributed by atoms with Gasteiger partial charge in [0.1, 0.15) is 6.10 Å². The van der Waals surface area contributed by atoms with Crippen LogP contribution in [0.25, 0.3) is 0 Å². The molecule has 27 heavy (non-hydrogen) atoms. The van der Waals surface area contributed by atoms with Crippen molar-refractivity contribution >= 4 is 52.9 Å². The van der Waals surface area contributed by atoms with Gasteiger partial charge in [-0.15, -0.1) is 35.3 Å². The van der Waals surface area contributed by atoms with Crippen molar-refractivity contribution in [2.45, 2.75) is 25.9 Å². The van der Waals surface area contributed by atoms with E-state index in [2.05, 4.69) is 33.4 Å². The predicted octanol–water partition coefficient (Wildman–Crippen LogP) is 3.32. The highest BCUT2D eigenvalue weighted by atomic mass is 127. The fourth-order valence-corrected chi connectivity index (χ4v) is 4.34. The zero-order valence-electron chi connectivity index (χ0n) is 15.6. The number of thiophene rings is 1. The molecule has 0 bridgehead atoms. The maximum absolute atomic E-state index is 10.3. The van der Waals surface area contributed by atoms with Crippen LogP contribution in [0.2, 0.25) is 4.34 Å². The van der Waals surface area contributed by atoms with E-state index in [1.807, 2.05) is 30.1 Å². The number of aromatic nitrogens is 2. The first-order chi connectivity index (χ1) is 12.5. The van der Waals surface area contributed by atoms with E-state index < -0.39 is 6.10 Å². The molecule has 2 N–H and O–H groups in total. The summed E-state index contributed by atoms with van der Waals surface area (Å²) in [4.78, 5) is 7.80. The molecule has 0 aromatic carbocycles. The number of rotatable bonds is 6. The molecule has 1 aliphatic heterocycles. The molecule has 0 saturated carbocycles. The quantitative estimate of drug-likeness (QED) is 0.346. The minimum atomic E-state index is -0.616. The molecule has 2 aromatic heterocycles. The summed E-state index contributed by atoms with van der Waals surface area (Å²) in [6.45, 7) is 5.17. The van der Waals surface area contributed by atoms with Crippen molar-refractivity contribution < 1.29 is 5.11 Å². The Hall–Kier alpha value is -0.840. The lowest BCUT2D eigenvalue weighted by Gasteiger charge is -2.22. The van der Waals surface area contributed by atoms with Crippen molar-refractivity contribution in [3.63, 3.8) is 0 Å². The molecule has 6 nitrogen and oxygen atoms in total. The maximum Gasteiger partial charge on any atom is 0.194 e. The molecule has 1 aliphatic rings. The molecule has 2 atom stereocenters. The number of nitrogens with zero attached hydrogens (tertiary/aromatic N) is 4. The van der Waals surface area contributed by atoms with Gasteiger partial charge in [0.25, 0.3) is 0 Å². The largest absolute Gasteiger partial charge is 0.386 e. The van der Waals surface area contributed by atoms with Crippen LogP contribution in [-0.2, 0) is 13.5 Å². The Kier molecular flexibility index (Phi) is 8.84. The third kappa shape index (κ3) is 6.33. The zero-order valence-corrected chi connectivity index (χ0v) is 19.5. The van der Waals surface area contributed by atoms with Crippen molar-refractivity contribution in [2.24, 2.45) is 18.0 Å². The minimum absolute atomic E-state index is 0. The van der Waals surface area contributed by atoms with E-state index in [1.54, 1.807) is 0 Å². The predicted molar refractivity (Wildman–Crippen MR) is 122 cm³/mol. The second-order valence-electron chi connectivity index (χ2n) is 6.68. The minimum Gasteiger partial charge on any atom is -0.386 e. The summed E-state index contributed by atoms with van der Waals surface area (Å²) in [6.07, 6.45) is 5.60. The van der Waals surface area contributed by atoms with Crippen molar-refractivity contribution in [1.29, 1.82) is 0 Å². The number of likely N-dealkylation sites (tertiary alicyclic amines) is 1. The third-order valence-electron chi connectivity index (χ3n) is 4.54. The SMILES string of the molecule is CCNC(=NCC(O)c1ccc(Cl)s1)N1CCC(Cc2cnn(C)c2)C1.I. The first kappa shape index (κ1) is 22.4. The van der Waals surface area contributed by atoms with Gasteiger partial charge in [-0.25, -0.2) is 0 Å². The first-order valence-electron chi connectivity index (χ1n) is 8.99. The normalized spacial score (nSPS) is 18.4. The molecule has 9 heteroatoms. The summed E-state index contributed by atoms with van der Waals surface area (Å²) in [7, 11) is 1.95. The standard InChI is InChI=1S/C18H26ClN5OS.HI/c1-3-20-18(21-10-15(25)16-4-5-17(19)26-16)24-7-6-13(12-24)8-14-9-22-23(2)11-14;/h4-5,9,11,13,15,25H,3,6-8,10,12H2,1-2H3,(H,20,21);1H. The Labute approximate surface area is 186 Å². The van der Waals surface area contributed by atoms with Gasteiger partial charge in [0.2, 0.25) is 0 Å². The van der Waals surface area contributed by atoms with E-state index in [-0.39, 0.29) is 24.0 Å². The molecule has 3 heterocycles.